The molecule has 3 heterocycles. The van der Waals surface area contributed by atoms with Gasteiger partial charge in [0.05, 0.1) is 13.4 Å². The summed E-state index contributed by atoms with van der Waals surface area (Å²) in [6.07, 6.45) is 3.80. The van der Waals surface area contributed by atoms with E-state index < -0.39 is 6.10 Å². The molecular weight excluding hydrogens is 314 g/mol. The molecule has 1 N–H and O–H groups in total. The van der Waals surface area contributed by atoms with Gasteiger partial charge < -0.3 is 14.3 Å². The quantitative estimate of drug-likeness (QED) is 0.821. The maximum absolute atomic E-state index is 11.8. The molecule has 2 aromatic rings. The van der Waals surface area contributed by atoms with Crippen LogP contribution in [0.15, 0.2) is 34.3 Å². The molecular formula is C17H21NO4S. The minimum atomic E-state index is -0.585. The average Bonchev–Trinajstić information content (AvgIpc) is 3.28. The third-order valence-electron chi connectivity index (χ3n) is 4.36. The Morgan fingerprint density at radius 3 is 3.17 bits per heavy atom. The summed E-state index contributed by atoms with van der Waals surface area (Å²) in [5.74, 6) is 0.337. The minimum Gasteiger partial charge on any atom is -0.467 e. The summed E-state index contributed by atoms with van der Waals surface area (Å²) in [6.45, 7) is 1.69. The molecule has 1 saturated heterocycles. The van der Waals surface area contributed by atoms with E-state index in [4.69, 9.17) is 9.15 Å². The van der Waals surface area contributed by atoms with Crippen molar-refractivity contribution in [3.8, 4) is 0 Å². The van der Waals surface area contributed by atoms with Crippen molar-refractivity contribution in [2.75, 3.05) is 13.7 Å². The number of aliphatic hydroxyl groups is 1. The lowest BCUT2D eigenvalue weighted by atomic mass is 10.0. The van der Waals surface area contributed by atoms with Crippen LogP contribution in [0.4, 0.5) is 0 Å². The van der Waals surface area contributed by atoms with Gasteiger partial charge in [0.1, 0.15) is 16.7 Å². The number of likely N-dealkylation sites (tertiary alicyclic amines) is 1. The number of nitrogens with zero attached hydrogens (tertiary/aromatic N) is 1. The molecule has 23 heavy (non-hydrogen) atoms. The van der Waals surface area contributed by atoms with Gasteiger partial charge in [-0.05, 0) is 54.9 Å². The Bertz CT molecular complexity index is 637. The maximum atomic E-state index is 11.8. The van der Waals surface area contributed by atoms with Gasteiger partial charge in [0.15, 0.2) is 0 Å². The maximum Gasteiger partial charge on any atom is 0.348 e. The molecule has 0 amide bonds. The van der Waals surface area contributed by atoms with E-state index in [2.05, 4.69) is 4.90 Å². The molecule has 2 unspecified atom stereocenters. The SMILES string of the molecule is COC(=O)c1sccc1CN1CCCC1CC(O)c1ccco1. The van der Waals surface area contributed by atoms with Crippen molar-refractivity contribution in [3.63, 3.8) is 0 Å². The molecule has 0 aromatic carbocycles. The van der Waals surface area contributed by atoms with E-state index >= 15 is 0 Å². The number of carbonyl (C=O) groups is 1. The first kappa shape index (κ1) is 16.2. The first-order valence-corrected chi connectivity index (χ1v) is 8.67. The molecule has 2 atom stereocenters. The number of furan rings is 1. The van der Waals surface area contributed by atoms with Crippen LogP contribution >= 0.6 is 11.3 Å². The number of rotatable bonds is 6. The lowest BCUT2D eigenvalue weighted by molar-refractivity contribution is 0.0602. The summed E-state index contributed by atoms with van der Waals surface area (Å²) >= 11 is 1.41. The van der Waals surface area contributed by atoms with Crippen LogP contribution < -0.4 is 0 Å². The highest BCUT2D eigenvalue weighted by atomic mass is 32.1. The summed E-state index contributed by atoms with van der Waals surface area (Å²) < 4.78 is 10.1. The zero-order valence-electron chi connectivity index (χ0n) is 13.1. The van der Waals surface area contributed by atoms with E-state index in [1.165, 1.54) is 18.4 Å². The van der Waals surface area contributed by atoms with Crippen LogP contribution in [0.5, 0.6) is 0 Å². The average molecular weight is 335 g/mol. The minimum absolute atomic E-state index is 0.277. The zero-order valence-corrected chi connectivity index (χ0v) is 13.9. The Kier molecular flexibility index (Phi) is 5.15. The number of methoxy groups -OCH3 is 1. The molecule has 0 bridgehead atoms. The molecule has 2 aromatic heterocycles. The fourth-order valence-corrected chi connectivity index (χ4v) is 4.01. The molecule has 0 spiro atoms. The lowest BCUT2D eigenvalue weighted by Gasteiger charge is -2.26. The van der Waals surface area contributed by atoms with Crippen molar-refractivity contribution in [3.05, 3.63) is 46.0 Å². The number of thiophene rings is 1. The third-order valence-corrected chi connectivity index (χ3v) is 5.29. The van der Waals surface area contributed by atoms with Gasteiger partial charge in [-0.2, -0.15) is 0 Å². The Morgan fingerprint density at radius 2 is 2.43 bits per heavy atom. The molecule has 5 nitrogen and oxygen atoms in total. The van der Waals surface area contributed by atoms with Gasteiger partial charge in [-0.1, -0.05) is 0 Å². The van der Waals surface area contributed by atoms with Gasteiger partial charge >= 0.3 is 5.97 Å². The van der Waals surface area contributed by atoms with E-state index in [1.54, 1.807) is 18.4 Å². The second-order valence-electron chi connectivity index (χ2n) is 5.80. The summed E-state index contributed by atoms with van der Waals surface area (Å²) in [4.78, 5) is 14.8. The second kappa shape index (κ2) is 7.29. The van der Waals surface area contributed by atoms with Crippen LogP contribution in [0, 0.1) is 0 Å². The predicted octanol–water partition coefficient (Wildman–Crippen LogP) is 3.22. The van der Waals surface area contributed by atoms with Crippen LogP contribution in [0.1, 0.15) is 46.4 Å². The van der Waals surface area contributed by atoms with E-state index in [9.17, 15) is 9.90 Å². The number of ether oxygens (including phenoxy) is 1. The zero-order chi connectivity index (χ0) is 16.2. The Morgan fingerprint density at radius 1 is 1.57 bits per heavy atom. The largest absolute Gasteiger partial charge is 0.467 e. The third kappa shape index (κ3) is 3.65. The smallest absolute Gasteiger partial charge is 0.348 e. The van der Waals surface area contributed by atoms with Crippen molar-refractivity contribution >= 4 is 17.3 Å². The monoisotopic (exact) mass is 335 g/mol. The topological polar surface area (TPSA) is 62.9 Å². The number of hydrogen-bond donors (Lipinski definition) is 1. The van der Waals surface area contributed by atoms with E-state index in [1.807, 2.05) is 11.4 Å². The van der Waals surface area contributed by atoms with Crippen molar-refractivity contribution in [1.82, 2.24) is 4.90 Å². The molecule has 1 aliphatic rings. The lowest BCUT2D eigenvalue weighted by Crippen LogP contribution is -2.30. The second-order valence-corrected chi connectivity index (χ2v) is 6.72. The first-order chi connectivity index (χ1) is 11.2. The number of esters is 1. The predicted molar refractivity (Wildman–Crippen MR) is 87.4 cm³/mol. The van der Waals surface area contributed by atoms with Crippen LogP contribution in [0.3, 0.4) is 0 Å². The van der Waals surface area contributed by atoms with E-state index in [-0.39, 0.29) is 5.97 Å². The van der Waals surface area contributed by atoms with Gasteiger partial charge in [0.25, 0.3) is 0 Å². The van der Waals surface area contributed by atoms with Crippen LogP contribution in [0.2, 0.25) is 0 Å². The summed E-state index contributed by atoms with van der Waals surface area (Å²) in [5, 5.41) is 12.2. The Balaban J connectivity index is 1.65. The van der Waals surface area contributed by atoms with Crippen LogP contribution in [-0.4, -0.2) is 35.7 Å². The van der Waals surface area contributed by atoms with Gasteiger partial charge in [-0.15, -0.1) is 11.3 Å². The summed E-state index contributed by atoms with van der Waals surface area (Å²) in [5.41, 5.74) is 1.00. The number of carbonyl (C=O) groups excluding carboxylic acids is 1. The van der Waals surface area contributed by atoms with Gasteiger partial charge in [0, 0.05) is 12.6 Å². The fraction of sp³-hybridized carbons (Fsp3) is 0.471. The normalized spacial score (nSPS) is 19.8. The van der Waals surface area contributed by atoms with Crippen LogP contribution in [0.25, 0.3) is 0 Å². The highest BCUT2D eigenvalue weighted by Gasteiger charge is 2.29. The van der Waals surface area contributed by atoms with Crippen molar-refractivity contribution in [2.45, 2.75) is 38.0 Å². The van der Waals surface area contributed by atoms with Gasteiger partial charge in [0.2, 0.25) is 0 Å². The van der Waals surface area contributed by atoms with Crippen molar-refractivity contribution < 1.29 is 19.1 Å². The van der Waals surface area contributed by atoms with Crippen molar-refractivity contribution in [2.24, 2.45) is 0 Å². The molecule has 0 radical (unpaired) electrons. The van der Waals surface area contributed by atoms with Crippen molar-refractivity contribution in [1.29, 1.82) is 0 Å². The standard InChI is InChI=1S/C17H21NO4S/c1-21-17(20)16-12(6-9-23-16)11-18-7-2-4-13(18)10-14(19)15-5-3-8-22-15/h3,5-6,8-9,13-14,19H,2,4,7,10-11H2,1H3. The summed E-state index contributed by atoms with van der Waals surface area (Å²) in [7, 11) is 1.41. The molecule has 3 rings (SSSR count). The molecule has 1 fully saturated rings. The molecule has 6 heteroatoms. The summed E-state index contributed by atoms with van der Waals surface area (Å²) in [6, 6.07) is 5.87. The fourth-order valence-electron chi connectivity index (χ4n) is 3.18. The Hall–Kier alpha value is -1.63. The van der Waals surface area contributed by atoms with Gasteiger partial charge in [-0.3, -0.25) is 4.90 Å². The van der Waals surface area contributed by atoms with E-state index in [0.717, 1.165) is 24.9 Å². The molecule has 1 aliphatic heterocycles. The Labute approximate surface area is 139 Å². The molecule has 124 valence electrons. The molecule has 0 aliphatic carbocycles. The highest BCUT2D eigenvalue weighted by Crippen LogP contribution is 2.30. The van der Waals surface area contributed by atoms with Gasteiger partial charge in [-0.25, -0.2) is 4.79 Å². The number of hydrogen-bond acceptors (Lipinski definition) is 6. The van der Waals surface area contributed by atoms with Crippen LogP contribution in [-0.2, 0) is 11.3 Å². The van der Waals surface area contributed by atoms with E-state index in [0.29, 0.717) is 29.6 Å². The highest BCUT2D eigenvalue weighted by molar-refractivity contribution is 7.12. The number of aliphatic hydroxyl groups excluding tert-OH is 1. The first-order valence-electron chi connectivity index (χ1n) is 7.79. The molecule has 0 saturated carbocycles.